The highest BCUT2D eigenvalue weighted by atomic mass is 32.2. The van der Waals surface area contributed by atoms with Gasteiger partial charge in [0.25, 0.3) is 0 Å². The Bertz CT molecular complexity index is 864. The van der Waals surface area contributed by atoms with Gasteiger partial charge in [-0.2, -0.15) is 4.31 Å². The lowest BCUT2D eigenvalue weighted by atomic mass is 10.2. The van der Waals surface area contributed by atoms with Gasteiger partial charge in [-0.15, -0.1) is 5.92 Å². The summed E-state index contributed by atoms with van der Waals surface area (Å²) in [6.07, 6.45) is 4.49. The molecule has 0 spiro atoms. The molecular formula is C23H35N3O5S. The minimum absolute atomic E-state index is 0.205. The lowest BCUT2D eigenvalue weighted by Gasteiger charge is -2.25. The molecular weight excluding hydrogens is 430 g/mol. The first-order valence-electron chi connectivity index (χ1n) is 11.3. The van der Waals surface area contributed by atoms with Crippen molar-refractivity contribution >= 4 is 22.1 Å². The maximum Gasteiger partial charge on any atom is 0.234 e. The third-order valence-electron chi connectivity index (χ3n) is 5.33. The number of benzene rings is 1. The van der Waals surface area contributed by atoms with Gasteiger partial charge in [-0.05, 0) is 44.0 Å². The molecule has 0 bridgehead atoms. The van der Waals surface area contributed by atoms with Crippen molar-refractivity contribution in [2.45, 2.75) is 52.0 Å². The molecule has 1 N–H and O–H groups in total. The van der Waals surface area contributed by atoms with E-state index >= 15 is 0 Å². The van der Waals surface area contributed by atoms with Crippen molar-refractivity contribution in [3.63, 3.8) is 0 Å². The molecule has 2 rings (SSSR count). The third-order valence-corrected chi connectivity index (χ3v) is 7.22. The number of ether oxygens (including phenoxy) is 1. The van der Waals surface area contributed by atoms with Gasteiger partial charge in [0.05, 0.1) is 12.4 Å². The van der Waals surface area contributed by atoms with Gasteiger partial charge >= 0.3 is 0 Å². The summed E-state index contributed by atoms with van der Waals surface area (Å²) in [6.45, 7) is 6.64. The van der Waals surface area contributed by atoms with Crippen molar-refractivity contribution in [2.75, 3.05) is 43.4 Å². The molecule has 0 saturated carbocycles. The number of carbonyl (C=O) groups excluding carboxylic acids is 1. The topological polar surface area (TPSA) is 90.4 Å². The number of anilines is 1. The van der Waals surface area contributed by atoms with Crippen LogP contribution in [0.1, 0.15) is 46.0 Å². The fourth-order valence-electron chi connectivity index (χ4n) is 3.57. The zero-order valence-corrected chi connectivity index (χ0v) is 19.9. The minimum Gasteiger partial charge on any atom is -0.494 e. The number of hydroxylamine groups is 2. The molecule has 1 aliphatic heterocycles. The second kappa shape index (κ2) is 13.3. The summed E-state index contributed by atoms with van der Waals surface area (Å²) in [4.78, 5) is 13.2. The van der Waals surface area contributed by atoms with Crippen molar-refractivity contribution in [3.8, 4) is 17.6 Å². The Labute approximate surface area is 192 Å². The number of amides is 1. The highest BCUT2D eigenvalue weighted by Gasteiger charge is 2.29. The Kier molecular flexibility index (Phi) is 10.8. The molecule has 0 aliphatic carbocycles. The Morgan fingerprint density at radius 1 is 1.16 bits per heavy atom. The van der Waals surface area contributed by atoms with E-state index in [0.29, 0.717) is 44.1 Å². The van der Waals surface area contributed by atoms with E-state index in [-0.39, 0.29) is 6.41 Å². The van der Waals surface area contributed by atoms with Crippen LogP contribution in [0.5, 0.6) is 5.75 Å². The smallest absolute Gasteiger partial charge is 0.234 e. The molecule has 8 nitrogen and oxygen atoms in total. The van der Waals surface area contributed by atoms with E-state index in [4.69, 9.17) is 4.74 Å². The second-order valence-electron chi connectivity index (χ2n) is 7.72. The normalized spacial score (nSPS) is 15.9. The number of sulfonamides is 1. The van der Waals surface area contributed by atoms with Gasteiger partial charge in [-0.3, -0.25) is 10.0 Å². The molecule has 1 aromatic carbocycles. The van der Waals surface area contributed by atoms with Gasteiger partial charge in [0.1, 0.15) is 11.8 Å². The fraction of sp³-hybridized carbons (Fsp3) is 0.609. The van der Waals surface area contributed by atoms with Crippen LogP contribution in [0.2, 0.25) is 0 Å². The van der Waals surface area contributed by atoms with Gasteiger partial charge < -0.3 is 9.64 Å². The lowest BCUT2D eigenvalue weighted by molar-refractivity contribution is -0.153. The van der Waals surface area contributed by atoms with E-state index in [0.717, 1.165) is 37.2 Å². The first-order valence-corrected chi connectivity index (χ1v) is 12.9. The van der Waals surface area contributed by atoms with Crippen LogP contribution in [0.15, 0.2) is 24.3 Å². The van der Waals surface area contributed by atoms with E-state index in [1.807, 2.05) is 31.2 Å². The average molecular weight is 466 g/mol. The SMILES string of the molecule is CCCCCC#CC(CS(=O)(=O)N1CCCN(c2ccc(OCC)cc2)CC1)N(O)C=O. The van der Waals surface area contributed by atoms with E-state index in [2.05, 4.69) is 23.7 Å². The Balaban J connectivity index is 2.01. The summed E-state index contributed by atoms with van der Waals surface area (Å²) in [7, 11) is -3.70. The average Bonchev–Trinajstić information content (AvgIpc) is 3.05. The standard InChI is InChI=1S/C23H35N3O5S/c1-3-5-6-7-8-10-22(26(28)20-27)19-32(29,30)25-16-9-15-24(17-18-25)21-11-13-23(14-12-21)31-4-2/h11-14,20,22,28H,3-7,9,15-19H2,1-2H3. The highest BCUT2D eigenvalue weighted by molar-refractivity contribution is 7.89. The van der Waals surface area contributed by atoms with Crippen LogP contribution in [0.25, 0.3) is 0 Å². The van der Waals surface area contributed by atoms with E-state index in [1.54, 1.807) is 0 Å². The van der Waals surface area contributed by atoms with Crippen LogP contribution < -0.4 is 9.64 Å². The molecule has 1 amide bonds. The largest absolute Gasteiger partial charge is 0.494 e. The number of unbranched alkanes of at least 4 members (excludes halogenated alkanes) is 3. The van der Waals surface area contributed by atoms with Gasteiger partial charge in [0.15, 0.2) is 0 Å². The molecule has 9 heteroatoms. The Morgan fingerprint density at radius 2 is 1.91 bits per heavy atom. The summed E-state index contributed by atoms with van der Waals surface area (Å²) in [5.74, 6) is 6.04. The van der Waals surface area contributed by atoms with Gasteiger partial charge in [0, 0.05) is 38.3 Å². The number of hydrogen-bond donors (Lipinski definition) is 1. The summed E-state index contributed by atoms with van der Waals surface area (Å²) in [5.41, 5.74) is 1.02. The molecule has 1 heterocycles. The molecule has 0 radical (unpaired) electrons. The summed E-state index contributed by atoms with van der Waals surface area (Å²) in [6, 6.07) is 6.71. The third kappa shape index (κ3) is 8.01. The maximum absolute atomic E-state index is 13.0. The molecule has 1 aromatic rings. The van der Waals surface area contributed by atoms with Crippen LogP contribution in [0.4, 0.5) is 5.69 Å². The molecule has 178 valence electrons. The summed E-state index contributed by atoms with van der Waals surface area (Å²) < 4.78 is 33.0. The summed E-state index contributed by atoms with van der Waals surface area (Å²) in [5, 5.41) is 10.2. The Hall–Kier alpha value is -2.28. The Morgan fingerprint density at radius 3 is 2.56 bits per heavy atom. The lowest BCUT2D eigenvalue weighted by Crippen LogP contribution is -2.43. The van der Waals surface area contributed by atoms with Crippen LogP contribution in [0, 0.1) is 11.8 Å². The number of hydrogen-bond acceptors (Lipinski definition) is 6. The van der Waals surface area contributed by atoms with Gasteiger partial charge in [-0.1, -0.05) is 25.7 Å². The van der Waals surface area contributed by atoms with E-state index in [1.165, 1.54) is 4.31 Å². The van der Waals surface area contributed by atoms with Crippen LogP contribution in [0.3, 0.4) is 0 Å². The monoisotopic (exact) mass is 465 g/mol. The maximum atomic E-state index is 13.0. The number of carbonyl (C=O) groups is 1. The molecule has 1 atom stereocenters. The molecule has 1 fully saturated rings. The van der Waals surface area contributed by atoms with Gasteiger partial charge in [0.2, 0.25) is 16.4 Å². The van der Waals surface area contributed by atoms with Crippen LogP contribution in [-0.4, -0.2) is 74.0 Å². The van der Waals surface area contributed by atoms with E-state index in [9.17, 15) is 18.4 Å². The first kappa shape index (κ1) is 26.0. The van der Waals surface area contributed by atoms with Crippen molar-refractivity contribution in [1.29, 1.82) is 0 Å². The number of nitrogens with zero attached hydrogens (tertiary/aromatic N) is 3. The zero-order valence-electron chi connectivity index (χ0n) is 19.1. The van der Waals surface area contributed by atoms with Crippen LogP contribution in [-0.2, 0) is 14.8 Å². The van der Waals surface area contributed by atoms with E-state index < -0.39 is 21.8 Å². The summed E-state index contributed by atoms with van der Waals surface area (Å²) >= 11 is 0. The van der Waals surface area contributed by atoms with Crippen molar-refractivity contribution in [3.05, 3.63) is 24.3 Å². The van der Waals surface area contributed by atoms with Crippen molar-refractivity contribution < 1.29 is 23.2 Å². The molecule has 1 unspecified atom stereocenters. The van der Waals surface area contributed by atoms with Crippen molar-refractivity contribution in [2.24, 2.45) is 0 Å². The van der Waals surface area contributed by atoms with Crippen LogP contribution >= 0.6 is 0 Å². The predicted octanol–water partition coefficient (Wildman–Crippen LogP) is 2.73. The quantitative estimate of drug-likeness (QED) is 0.178. The molecule has 0 aromatic heterocycles. The molecule has 32 heavy (non-hydrogen) atoms. The highest BCUT2D eigenvalue weighted by Crippen LogP contribution is 2.21. The number of rotatable bonds is 11. The van der Waals surface area contributed by atoms with Crippen molar-refractivity contribution in [1.82, 2.24) is 9.37 Å². The predicted molar refractivity (Wildman–Crippen MR) is 125 cm³/mol. The zero-order chi connectivity index (χ0) is 23.4. The minimum atomic E-state index is -3.70. The van der Waals surface area contributed by atoms with Gasteiger partial charge in [-0.25, -0.2) is 13.5 Å². The second-order valence-corrected chi connectivity index (χ2v) is 9.74. The molecule has 1 saturated heterocycles. The first-order chi connectivity index (χ1) is 15.4. The fourth-order valence-corrected chi connectivity index (χ4v) is 5.18. The molecule has 1 aliphatic rings.